The third-order valence-electron chi connectivity index (χ3n) is 5.50. The molecule has 1 atom stereocenters. The number of nitrogens with zero attached hydrogens (tertiary/aromatic N) is 1. The maximum Gasteiger partial charge on any atom is 0.262 e. The summed E-state index contributed by atoms with van der Waals surface area (Å²) < 4.78 is 0.994. The fourth-order valence-corrected chi connectivity index (χ4v) is 4.74. The van der Waals surface area contributed by atoms with Crippen LogP contribution in [0, 0.1) is 5.92 Å². The molecule has 8 nitrogen and oxygen atoms in total. The lowest BCUT2D eigenvalue weighted by Crippen LogP contribution is -2.52. The monoisotopic (exact) mass is 433 g/mol. The average Bonchev–Trinajstić information content (AvgIpc) is 3.21. The first-order valence-electron chi connectivity index (χ1n) is 10.1. The zero-order valence-corrected chi connectivity index (χ0v) is 17.5. The van der Waals surface area contributed by atoms with Crippen molar-refractivity contribution in [2.24, 2.45) is 5.92 Å². The number of aliphatic hydroxyl groups excluding tert-OH is 1. The van der Waals surface area contributed by atoms with Crippen LogP contribution >= 0.6 is 11.3 Å². The number of hydrogen-bond acceptors (Lipinski definition) is 6. The first-order valence-corrected chi connectivity index (χ1v) is 11.0. The molecule has 0 radical (unpaired) electrons. The number of hydrogen-bond donors (Lipinski definition) is 4. The van der Waals surface area contributed by atoms with Crippen LogP contribution in [-0.2, 0) is 9.59 Å². The lowest BCUT2D eigenvalue weighted by Gasteiger charge is -2.34. The smallest absolute Gasteiger partial charge is 0.262 e. The fraction of sp³-hybridized carbons (Fsp3) is 0.476. The Kier molecular flexibility index (Phi) is 7.78. The van der Waals surface area contributed by atoms with Crippen molar-refractivity contribution in [2.75, 3.05) is 19.7 Å². The fourth-order valence-electron chi connectivity index (χ4n) is 3.78. The molecule has 1 aliphatic rings. The van der Waals surface area contributed by atoms with Gasteiger partial charge in [-0.2, -0.15) is 0 Å². The van der Waals surface area contributed by atoms with Crippen molar-refractivity contribution in [3.05, 3.63) is 35.2 Å². The minimum atomic E-state index is -0.965. The van der Waals surface area contributed by atoms with E-state index in [9.17, 15) is 19.5 Å². The molecule has 0 aliphatic carbocycles. The minimum absolute atomic E-state index is 0.273. The van der Waals surface area contributed by atoms with E-state index in [1.165, 1.54) is 11.3 Å². The van der Waals surface area contributed by atoms with Gasteiger partial charge in [0.25, 0.3) is 5.91 Å². The highest BCUT2D eigenvalue weighted by atomic mass is 32.1. The summed E-state index contributed by atoms with van der Waals surface area (Å²) in [5.74, 6) is -0.602. The van der Waals surface area contributed by atoms with E-state index >= 15 is 0 Å². The third kappa shape index (κ3) is 5.56. The van der Waals surface area contributed by atoms with E-state index in [0.29, 0.717) is 30.3 Å². The molecule has 3 amide bonds. The van der Waals surface area contributed by atoms with E-state index in [2.05, 4.69) is 5.32 Å². The number of likely N-dealkylation sites (tertiary alicyclic amines) is 1. The third-order valence-corrected chi connectivity index (χ3v) is 6.62. The highest BCUT2D eigenvalue weighted by molar-refractivity contribution is 7.20. The summed E-state index contributed by atoms with van der Waals surface area (Å²) in [6, 6.07) is 8.50. The summed E-state index contributed by atoms with van der Waals surface area (Å²) in [6.07, 6.45) is 3.47. The van der Waals surface area contributed by atoms with Gasteiger partial charge >= 0.3 is 0 Å². The van der Waals surface area contributed by atoms with E-state index in [1.807, 2.05) is 24.3 Å². The molecule has 0 bridgehead atoms. The second kappa shape index (κ2) is 10.5. The number of carbonyl (C=O) groups is 3. The lowest BCUT2D eigenvalue weighted by molar-refractivity contribution is -0.135. The van der Waals surface area contributed by atoms with Crippen LogP contribution in [0.4, 0.5) is 0 Å². The van der Waals surface area contributed by atoms with E-state index in [4.69, 9.17) is 5.21 Å². The van der Waals surface area contributed by atoms with E-state index in [1.54, 1.807) is 16.4 Å². The second-order valence-corrected chi connectivity index (χ2v) is 8.64. The van der Waals surface area contributed by atoms with E-state index in [0.717, 1.165) is 29.3 Å². The predicted molar refractivity (Wildman–Crippen MR) is 113 cm³/mol. The number of fused-ring (bicyclic) bond motifs is 1. The Bertz CT molecular complexity index is 859. The van der Waals surface area contributed by atoms with Crippen molar-refractivity contribution in [1.82, 2.24) is 15.7 Å². The number of hydroxylamine groups is 1. The van der Waals surface area contributed by atoms with Crippen molar-refractivity contribution in [1.29, 1.82) is 0 Å². The molecule has 0 unspecified atom stereocenters. The summed E-state index contributed by atoms with van der Waals surface area (Å²) >= 11 is 1.35. The van der Waals surface area contributed by atoms with E-state index in [-0.39, 0.29) is 24.1 Å². The molecule has 30 heavy (non-hydrogen) atoms. The van der Waals surface area contributed by atoms with Crippen molar-refractivity contribution in [2.45, 2.75) is 38.1 Å². The van der Waals surface area contributed by atoms with E-state index < -0.39 is 12.6 Å². The number of piperidine rings is 1. The summed E-state index contributed by atoms with van der Waals surface area (Å²) in [7, 11) is 0. The van der Waals surface area contributed by atoms with Gasteiger partial charge in [0.15, 0.2) is 0 Å². The van der Waals surface area contributed by atoms with Gasteiger partial charge in [0.2, 0.25) is 11.8 Å². The molecule has 1 aromatic carbocycles. The number of amides is 3. The largest absolute Gasteiger partial charge is 0.394 e. The molecule has 4 N–H and O–H groups in total. The molecule has 9 heteroatoms. The first-order chi connectivity index (χ1) is 14.5. The van der Waals surface area contributed by atoms with Crippen LogP contribution in [0.2, 0.25) is 0 Å². The molecular weight excluding hydrogens is 406 g/mol. The van der Waals surface area contributed by atoms with Gasteiger partial charge in [-0.05, 0) is 49.1 Å². The Morgan fingerprint density at radius 1 is 1.20 bits per heavy atom. The first kappa shape index (κ1) is 22.2. The number of benzene rings is 1. The lowest BCUT2D eigenvalue weighted by atomic mass is 9.91. The number of aliphatic hydroxyl groups is 1. The molecule has 1 aromatic heterocycles. The molecule has 3 rings (SSSR count). The van der Waals surface area contributed by atoms with Gasteiger partial charge in [-0.3, -0.25) is 19.6 Å². The van der Waals surface area contributed by atoms with Crippen LogP contribution in [0.1, 0.15) is 41.8 Å². The summed E-state index contributed by atoms with van der Waals surface area (Å²) in [5, 5.41) is 21.8. The predicted octanol–water partition coefficient (Wildman–Crippen LogP) is 1.91. The standard InChI is InChI=1S/C21H27N3O5S/c25-13-16(22-20(27)18-12-15-5-1-2-6-17(15)30-18)21(28)24-10-8-14(9-11-24)4-3-7-19(26)23-29/h1-2,5-6,12,14,16,25,29H,3-4,7-11,13H2,(H,22,27)(H,23,26)/t16-/m0/s1. The van der Waals surface area contributed by atoms with Crippen molar-refractivity contribution >= 4 is 39.1 Å². The maximum atomic E-state index is 12.8. The molecule has 1 saturated heterocycles. The number of carbonyl (C=O) groups excluding carboxylic acids is 3. The van der Waals surface area contributed by atoms with Crippen molar-refractivity contribution < 1.29 is 24.7 Å². The summed E-state index contributed by atoms with van der Waals surface area (Å²) in [4.78, 5) is 38.6. The van der Waals surface area contributed by atoms with Crippen molar-refractivity contribution in [3.63, 3.8) is 0 Å². The molecule has 2 heterocycles. The van der Waals surface area contributed by atoms with Gasteiger partial charge in [-0.25, -0.2) is 5.48 Å². The Morgan fingerprint density at radius 3 is 2.60 bits per heavy atom. The quantitative estimate of drug-likeness (QED) is 0.375. The zero-order chi connectivity index (χ0) is 21.5. The van der Waals surface area contributed by atoms with Gasteiger partial charge in [0.05, 0.1) is 11.5 Å². The maximum absolute atomic E-state index is 12.8. The molecule has 0 saturated carbocycles. The Hall–Kier alpha value is -2.49. The highest BCUT2D eigenvalue weighted by Crippen LogP contribution is 2.26. The molecule has 0 spiro atoms. The SMILES string of the molecule is O=C(CCCC1CCN(C(=O)[C@H](CO)NC(=O)c2cc3ccccc3s2)CC1)NO. The molecular formula is C21H27N3O5S. The molecule has 1 aliphatic heterocycles. The summed E-state index contributed by atoms with van der Waals surface area (Å²) in [6.45, 7) is 0.668. The number of thiophene rings is 1. The average molecular weight is 434 g/mol. The van der Waals surface area contributed by atoms with Gasteiger partial charge in [-0.15, -0.1) is 11.3 Å². The molecule has 1 fully saturated rings. The van der Waals surface area contributed by atoms with Crippen LogP contribution in [0.3, 0.4) is 0 Å². The van der Waals surface area contributed by atoms with Crippen LogP contribution < -0.4 is 10.8 Å². The van der Waals surface area contributed by atoms with Gasteiger partial charge in [-0.1, -0.05) is 18.2 Å². The molecule has 162 valence electrons. The Balaban J connectivity index is 1.50. The van der Waals surface area contributed by atoms with Crippen LogP contribution in [0.5, 0.6) is 0 Å². The van der Waals surface area contributed by atoms with Crippen molar-refractivity contribution in [3.8, 4) is 0 Å². The van der Waals surface area contributed by atoms with Crippen LogP contribution in [0.15, 0.2) is 30.3 Å². The topological polar surface area (TPSA) is 119 Å². The number of rotatable bonds is 8. The second-order valence-electron chi connectivity index (χ2n) is 7.55. The molecule has 2 aromatic rings. The minimum Gasteiger partial charge on any atom is -0.394 e. The Labute approximate surface area is 178 Å². The van der Waals surface area contributed by atoms with Crippen LogP contribution in [0.25, 0.3) is 10.1 Å². The summed E-state index contributed by atoms with van der Waals surface area (Å²) in [5.41, 5.74) is 1.63. The zero-order valence-electron chi connectivity index (χ0n) is 16.7. The normalized spacial score (nSPS) is 15.7. The van der Waals surface area contributed by atoms with Crippen LogP contribution in [-0.4, -0.2) is 58.7 Å². The highest BCUT2D eigenvalue weighted by Gasteiger charge is 2.29. The van der Waals surface area contributed by atoms with Gasteiger partial charge in [0.1, 0.15) is 6.04 Å². The van der Waals surface area contributed by atoms with Gasteiger partial charge < -0.3 is 15.3 Å². The number of nitrogens with one attached hydrogen (secondary N) is 2. The Morgan fingerprint density at radius 2 is 1.93 bits per heavy atom. The van der Waals surface area contributed by atoms with Gasteiger partial charge in [0, 0.05) is 24.2 Å².